The fourth-order valence-corrected chi connectivity index (χ4v) is 2.00. The van der Waals surface area contributed by atoms with Crippen LogP contribution in [0.2, 0.25) is 0 Å². The van der Waals surface area contributed by atoms with Crippen LogP contribution in [0.3, 0.4) is 0 Å². The molecule has 1 aromatic heterocycles. The summed E-state index contributed by atoms with van der Waals surface area (Å²) < 4.78 is 0. The van der Waals surface area contributed by atoms with E-state index in [0.717, 1.165) is 6.42 Å². The molecular weight excluding hydrogens is 202 g/mol. The van der Waals surface area contributed by atoms with Gasteiger partial charge in [-0.25, -0.2) is 0 Å². The van der Waals surface area contributed by atoms with Crippen LogP contribution in [0.5, 0.6) is 0 Å². The third-order valence-electron chi connectivity index (χ3n) is 1.73. The summed E-state index contributed by atoms with van der Waals surface area (Å²) in [5.41, 5.74) is 0. The molecule has 1 rings (SSSR count). The van der Waals surface area contributed by atoms with Crippen molar-refractivity contribution in [2.45, 2.75) is 19.4 Å². The van der Waals surface area contributed by atoms with Gasteiger partial charge in [-0.3, -0.25) is 0 Å². The average Bonchev–Trinajstić information content (AvgIpc) is 2.53. The Kier molecular flexibility index (Phi) is 4.50. The van der Waals surface area contributed by atoms with Gasteiger partial charge < -0.3 is 5.32 Å². The first kappa shape index (κ1) is 10.8. The molecule has 13 heavy (non-hydrogen) atoms. The standard InChI is InChI=1S/C10H14ClNS/c1-8(11)7-12-9(2)6-10-4-3-5-13-10/h3-5,9,12H,1,6-7H2,2H3. The van der Waals surface area contributed by atoms with E-state index in [0.29, 0.717) is 17.6 Å². The highest BCUT2D eigenvalue weighted by atomic mass is 35.5. The molecule has 0 amide bonds. The Labute approximate surface area is 88.4 Å². The molecule has 0 aliphatic heterocycles. The molecule has 0 aromatic carbocycles. The van der Waals surface area contributed by atoms with Crippen molar-refractivity contribution in [3.63, 3.8) is 0 Å². The number of thiophene rings is 1. The van der Waals surface area contributed by atoms with E-state index in [9.17, 15) is 0 Å². The van der Waals surface area contributed by atoms with Crippen LogP contribution in [-0.2, 0) is 6.42 Å². The monoisotopic (exact) mass is 215 g/mol. The molecule has 0 aliphatic rings. The number of hydrogen-bond donors (Lipinski definition) is 1. The number of halogens is 1. The van der Waals surface area contributed by atoms with E-state index in [2.05, 4.69) is 36.3 Å². The van der Waals surface area contributed by atoms with Crippen LogP contribution in [0.4, 0.5) is 0 Å². The van der Waals surface area contributed by atoms with Gasteiger partial charge in [0, 0.05) is 22.5 Å². The summed E-state index contributed by atoms with van der Waals surface area (Å²) in [6.45, 7) is 6.47. The molecule has 0 fully saturated rings. The Morgan fingerprint density at radius 3 is 3.08 bits per heavy atom. The maximum absolute atomic E-state index is 5.65. The zero-order valence-electron chi connectivity index (χ0n) is 7.72. The van der Waals surface area contributed by atoms with Crippen molar-refractivity contribution in [1.29, 1.82) is 0 Å². The van der Waals surface area contributed by atoms with Crippen LogP contribution in [0, 0.1) is 0 Å². The Balaban J connectivity index is 2.25. The molecule has 1 heterocycles. The molecule has 0 saturated carbocycles. The normalized spacial score (nSPS) is 12.8. The number of nitrogens with one attached hydrogen (secondary N) is 1. The van der Waals surface area contributed by atoms with Crippen LogP contribution < -0.4 is 5.32 Å². The number of rotatable bonds is 5. The van der Waals surface area contributed by atoms with Crippen LogP contribution in [0.15, 0.2) is 29.1 Å². The van der Waals surface area contributed by atoms with E-state index >= 15 is 0 Å². The summed E-state index contributed by atoms with van der Waals surface area (Å²) in [5.74, 6) is 0. The first-order valence-electron chi connectivity index (χ1n) is 4.27. The highest BCUT2D eigenvalue weighted by Crippen LogP contribution is 2.10. The second kappa shape index (κ2) is 5.43. The van der Waals surface area contributed by atoms with Gasteiger partial charge in [-0.15, -0.1) is 11.3 Å². The van der Waals surface area contributed by atoms with Crippen LogP contribution >= 0.6 is 22.9 Å². The smallest absolute Gasteiger partial charge is 0.0310 e. The molecule has 1 aromatic rings. The molecule has 0 aliphatic carbocycles. The molecule has 0 saturated heterocycles. The predicted molar refractivity (Wildman–Crippen MR) is 60.5 cm³/mol. The third kappa shape index (κ3) is 4.46. The topological polar surface area (TPSA) is 12.0 Å². The summed E-state index contributed by atoms with van der Waals surface area (Å²) >= 11 is 7.44. The lowest BCUT2D eigenvalue weighted by Crippen LogP contribution is -2.28. The van der Waals surface area contributed by atoms with Gasteiger partial charge >= 0.3 is 0 Å². The van der Waals surface area contributed by atoms with Crippen LogP contribution in [0.25, 0.3) is 0 Å². The van der Waals surface area contributed by atoms with E-state index in [1.54, 1.807) is 11.3 Å². The quantitative estimate of drug-likeness (QED) is 0.797. The summed E-state index contributed by atoms with van der Waals surface area (Å²) in [5, 5.41) is 6.06. The number of hydrogen-bond acceptors (Lipinski definition) is 2. The van der Waals surface area contributed by atoms with Crippen molar-refractivity contribution in [1.82, 2.24) is 5.32 Å². The lowest BCUT2D eigenvalue weighted by molar-refractivity contribution is 0.582. The Morgan fingerprint density at radius 2 is 2.54 bits per heavy atom. The fourth-order valence-electron chi connectivity index (χ4n) is 1.09. The molecule has 3 heteroatoms. The Bertz CT molecular complexity index is 256. The summed E-state index contributed by atoms with van der Waals surface area (Å²) in [7, 11) is 0. The molecule has 0 radical (unpaired) electrons. The van der Waals surface area contributed by atoms with Gasteiger partial charge in [0.05, 0.1) is 0 Å². The predicted octanol–water partition coefficient (Wildman–Crippen LogP) is 3.02. The summed E-state index contributed by atoms with van der Waals surface area (Å²) in [6, 6.07) is 4.68. The van der Waals surface area contributed by atoms with E-state index < -0.39 is 0 Å². The molecule has 0 bridgehead atoms. The SMILES string of the molecule is C=C(Cl)CNC(C)Cc1cccs1. The van der Waals surface area contributed by atoms with Crippen molar-refractivity contribution < 1.29 is 0 Å². The Hall–Kier alpha value is -0.310. The maximum atomic E-state index is 5.65. The van der Waals surface area contributed by atoms with E-state index in [1.165, 1.54) is 4.88 Å². The minimum Gasteiger partial charge on any atom is -0.309 e. The maximum Gasteiger partial charge on any atom is 0.0310 e. The van der Waals surface area contributed by atoms with Gasteiger partial charge in [-0.2, -0.15) is 0 Å². The highest BCUT2D eigenvalue weighted by molar-refractivity contribution is 7.09. The molecule has 72 valence electrons. The minimum atomic E-state index is 0.453. The average molecular weight is 216 g/mol. The van der Waals surface area contributed by atoms with Gasteiger partial charge in [0.1, 0.15) is 0 Å². The van der Waals surface area contributed by atoms with E-state index in [4.69, 9.17) is 11.6 Å². The van der Waals surface area contributed by atoms with Crippen LogP contribution in [0.1, 0.15) is 11.8 Å². The molecule has 1 atom stereocenters. The zero-order valence-corrected chi connectivity index (χ0v) is 9.29. The molecule has 0 spiro atoms. The van der Waals surface area contributed by atoms with E-state index in [-0.39, 0.29) is 0 Å². The van der Waals surface area contributed by atoms with Gasteiger partial charge in [-0.05, 0) is 24.8 Å². The lowest BCUT2D eigenvalue weighted by atomic mass is 10.2. The second-order valence-corrected chi connectivity index (χ2v) is 4.65. The van der Waals surface area contributed by atoms with E-state index in [1.807, 2.05) is 0 Å². The van der Waals surface area contributed by atoms with Gasteiger partial charge in [-0.1, -0.05) is 24.2 Å². The lowest BCUT2D eigenvalue weighted by Gasteiger charge is -2.11. The first-order chi connectivity index (χ1) is 6.18. The van der Waals surface area contributed by atoms with Gasteiger partial charge in [0.25, 0.3) is 0 Å². The molecular formula is C10H14ClNS. The van der Waals surface area contributed by atoms with Gasteiger partial charge in [0.2, 0.25) is 0 Å². The largest absolute Gasteiger partial charge is 0.309 e. The summed E-state index contributed by atoms with van der Waals surface area (Å²) in [6.07, 6.45) is 1.06. The van der Waals surface area contributed by atoms with Crippen molar-refractivity contribution in [3.8, 4) is 0 Å². The fraction of sp³-hybridized carbons (Fsp3) is 0.400. The zero-order chi connectivity index (χ0) is 9.68. The highest BCUT2D eigenvalue weighted by Gasteiger charge is 2.03. The van der Waals surface area contributed by atoms with Crippen molar-refractivity contribution in [3.05, 3.63) is 34.0 Å². The molecule has 1 unspecified atom stereocenters. The van der Waals surface area contributed by atoms with Crippen molar-refractivity contribution >= 4 is 22.9 Å². The van der Waals surface area contributed by atoms with Crippen LogP contribution in [-0.4, -0.2) is 12.6 Å². The third-order valence-corrected chi connectivity index (χ3v) is 2.76. The molecule has 1 nitrogen and oxygen atoms in total. The second-order valence-electron chi connectivity index (χ2n) is 3.08. The van der Waals surface area contributed by atoms with Gasteiger partial charge in [0.15, 0.2) is 0 Å². The van der Waals surface area contributed by atoms with Crippen molar-refractivity contribution in [2.75, 3.05) is 6.54 Å². The first-order valence-corrected chi connectivity index (χ1v) is 5.53. The Morgan fingerprint density at radius 1 is 1.77 bits per heavy atom. The minimum absolute atomic E-state index is 0.453. The summed E-state index contributed by atoms with van der Waals surface area (Å²) in [4.78, 5) is 1.40. The van der Waals surface area contributed by atoms with Crippen molar-refractivity contribution in [2.24, 2.45) is 0 Å². The molecule has 1 N–H and O–H groups in total.